The molecule has 0 saturated carbocycles. The van der Waals surface area contributed by atoms with Gasteiger partial charge in [0.15, 0.2) is 23.0 Å². The molecule has 1 amide bonds. The number of fused-ring (bicyclic) bond motifs is 1. The summed E-state index contributed by atoms with van der Waals surface area (Å²) in [6.45, 7) is 2.83. The van der Waals surface area contributed by atoms with Gasteiger partial charge in [-0.15, -0.1) is 0 Å². The van der Waals surface area contributed by atoms with Crippen LogP contribution >= 0.6 is 0 Å². The molecule has 1 heterocycles. The number of benzene rings is 3. The normalized spacial score (nSPS) is 13.0. The van der Waals surface area contributed by atoms with Crippen LogP contribution in [0.1, 0.15) is 27.0 Å². The first-order valence-electron chi connectivity index (χ1n) is 11.8. The molecule has 0 spiro atoms. The highest BCUT2D eigenvalue weighted by Crippen LogP contribution is 2.34. The molecule has 3 N–H and O–H groups in total. The molecule has 0 radical (unpaired) electrons. The summed E-state index contributed by atoms with van der Waals surface area (Å²) < 4.78 is 21.4. The van der Waals surface area contributed by atoms with Crippen LogP contribution in [0.15, 0.2) is 48.5 Å². The van der Waals surface area contributed by atoms with Crippen molar-refractivity contribution >= 4 is 17.3 Å². The van der Waals surface area contributed by atoms with E-state index in [0.717, 1.165) is 44.0 Å². The molecule has 0 aliphatic carbocycles. The van der Waals surface area contributed by atoms with Crippen LogP contribution in [0.3, 0.4) is 0 Å². The summed E-state index contributed by atoms with van der Waals surface area (Å²) in [6, 6.07) is 15.2. The lowest BCUT2D eigenvalue weighted by atomic mass is 9.98. The maximum Gasteiger partial charge on any atom is 0.257 e. The van der Waals surface area contributed by atoms with Gasteiger partial charge in [-0.05, 0) is 59.9 Å². The Bertz CT molecular complexity index is 1230. The Morgan fingerprint density at radius 2 is 1.44 bits per heavy atom. The molecule has 8 nitrogen and oxygen atoms in total. The summed E-state index contributed by atoms with van der Waals surface area (Å²) >= 11 is 0. The van der Waals surface area contributed by atoms with Crippen molar-refractivity contribution in [3.63, 3.8) is 0 Å². The van der Waals surface area contributed by atoms with Crippen molar-refractivity contribution in [3.8, 4) is 23.0 Å². The lowest BCUT2D eigenvalue weighted by Gasteiger charge is -2.29. The third kappa shape index (κ3) is 5.49. The average Bonchev–Trinajstić information content (AvgIpc) is 2.91. The van der Waals surface area contributed by atoms with Gasteiger partial charge in [-0.3, -0.25) is 9.69 Å². The first-order chi connectivity index (χ1) is 17.4. The molecule has 8 heteroatoms. The number of carbonyl (C=O) groups excluding carboxylic acids is 1. The van der Waals surface area contributed by atoms with E-state index in [1.807, 2.05) is 24.3 Å². The number of ether oxygens (including phenoxy) is 4. The predicted molar refractivity (Wildman–Crippen MR) is 141 cm³/mol. The summed E-state index contributed by atoms with van der Waals surface area (Å²) in [4.78, 5) is 15.2. The first kappa shape index (κ1) is 25.2. The second-order valence-corrected chi connectivity index (χ2v) is 8.70. The van der Waals surface area contributed by atoms with E-state index in [2.05, 4.69) is 22.3 Å². The molecule has 3 aromatic carbocycles. The lowest BCUT2D eigenvalue weighted by molar-refractivity contribution is 0.102. The third-order valence-corrected chi connectivity index (χ3v) is 6.53. The number of carbonyl (C=O) groups is 1. The molecule has 0 atom stereocenters. The van der Waals surface area contributed by atoms with Gasteiger partial charge in [-0.2, -0.15) is 0 Å². The van der Waals surface area contributed by atoms with E-state index in [9.17, 15) is 4.79 Å². The zero-order chi connectivity index (χ0) is 25.7. The fourth-order valence-corrected chi connectivity index (χ4v) is 4.46. The van der Waals surface area contributed by atoms with Gasteiger partial charge in [-0.1, -0.05) is 12.1 Å². The van der Waals surface area contributed by atoms with Crippen LogP contribution in [0.4, 0.5) is 11.4 Å². The number of nitrogens with zero attached hydrogens (tertiary/aromatic N) is 1. The van der Waals surface area contributed by atoms with Crippen LogP contribution in [0.5, 0.6) is 23.0 Å². The second-order valence-electron chi connectivity index (χ2n) is 8.70. The topological polar surface area (TPSA) is 95.3 Å². The number of methoxy groups -OCH3 is 4. The van der Waals surface area contributed by atoms with E-state index in [1.54, 1.807) is 26.4 Å². The van der Waals surface area contributed by atoms with Crippen LogP contribution in [0, 0.1) is 0 Å². The molecule has 36 heavy (non-hydrogen) atoms. The van der Waals surface area contributed by atoms with Gasteiger partial charge in [0.05, 0.1) is 34.0 Å². The Morgan fingerprint density at radius 1 is 0.861 bits per heavy atom. The minimum atomic E-state index is -0.305. The maximum atomic E-state index is 12.8. The largest absolute Gasteiger partial charge is 0.493 e. The van der Waals surface area contributed by atoms with E-state index in [-0.39, 0.29) is 5.91 Å². The molecule has 1 aliphatic heterocycles. The van der Waals surface area contributed by atoms with E-state index < -0.39 is 0 Å². The molecule has 0 aromatic heterocycles. The van der Waals surface area contributed by atoms with Crippen LogP contribution in [0.25, 0.3) is 0 Å². The second kappa shape index (κ2) is 11.2. The maximum absolute atomic E-state index is 12.8. The fraction of sp³-hybridized carbons (Fsp3) is 0.321. The molecule has 1 aliphatic rings. The Morgan fingerprint density at radius 3 is 2.08 bits per heavy atom. The molecule has 0 unspecified atom stereocenters. The number of hydrogen-bond acceptors (Lipinski definition) is 7. The van der Waals surface area contributed by atoms with E-state index in [1.165, 1.54) is 30.9 Å². The van der Waals surface area contributed by atoms with Crippen molar-refractivity contribution in [2.45, 2.75) is 19.4 Å². The monoisotopic (exact) mass is 491 g/mol. The fourth-order valence-electron chi connectivity index (χ4n) is 4.46. The predicted octanol–water partition coefficient (Wildman–Crippen LogP) is 4.16. The Kier molecular flexibility index (Phi) is 7.85. The summed E-state index contributed by atoms with van der Waals surface area (Å²) in [5, 5.41) is 2.90. The quantitative estimate of drug-likeness (QED) is 0.434. The molecular weight excluding hydrogens is 458 g/mol. The number of nitrogens with one attached hydrogen (secondary N) is 1. The van der Waals surface area contributed by atoms with Gasteiger partial charge in [-0.25, -0.2) is 0 Å². The minimum Gasteiger partial charge on any atom is -0.493 e. The van der Waals surface area contributed by atoms with Gasteiger partial charge in [0.1, 0.15) is 0 Å². The highest BCUT2D eigenvalue weighted by atomic mass is 16.5. The van der Waals surface area contributed by atoms with Crippen molar-refractivity contribution in [2.75, 3.05) is 52.6 Å². The number of hydrogen-bond donors (Lipinski definition) is 2. The number of rotatable bonds is 9. The van der Waals surface area contributed by atoms with Crippen molar-refractivity contribution in [1.29, 1.82) is 0 Å². The number of anilines is 2. The molecule has 4 rings (SSSR count). The van der Waals surface area contributed by atoms with Crippen molar-refractivity contribution in [1.82, 2.24) is 4.90 Å². The van der Waals surface area contributed by atoms with Gasteiger partial charge in [0.2, 0.25) is 0 Å². The SMILES string of the molecule is COc1cc(N)c(C(=O)Nc2ccc(CCN3CCc4cc(OC)c(OC)cc4C3)cc2)cc1OC. The molecule has 3 aromatic rings. The molecule has 190 valence electrons. The third-order valence-electron chi connectivity index (χ3n) is 6.53. The zero-order valence-electron chi connectivity index (χ0n) is 21.2. The first-order valence-corrected chi connectivity index (χ1v) is 11.8. The van der Waals surface area contributed by atoms with Crippen LogP contribution < -0.4 is 30.0 Å². The lowest BCUT2D eigenvalue weighted by Crippen LogP contribution is -2.32. The Hall–Kier alpha value is -3.91. The van der Waals surface area contributed by atoms with Crippen LogP contribution in [-0.2, 0) is 19.4 Å². The number of nitrogen functional groups attached to an aromatic ring is 1. The summed E-state index contributed by atoms with van der Waals surface area (Å²) in [5.41, 5.74) is 11.2. The summed E-state index contributed by atoms with van der Waals surface area (Å²) in [6.07, 6.45) is 1.90. The van der Waals surface area contributed by atoms with Gasteiger partial charge < -0.3 is 30.0 Å². The van der Waals surface area contributed by atoms with Crippen molar-refractivity contribution in [3.05, 3.63) is 70.8 Å². The number of amides is 1. The molecule has 0 fully saturated rings. The number of nitrogens with two attached hydrogens (primary N) is 1. The van der Waals surface area contributed by atoms with Gasteiger partial charge >= 0.3 is 0 Å². The van der Waals surface area contributed by atoms with Gasteiger partial charge in [0.25, 0.3) is 5.91 Å². The molecule has 0 saturated heterocycles. The van der Waals surface area contributed by atoms with Crippen LogP contribution in [-0.4, -0.2) is 52.3 Å². The van der Waals surface area contributed by atoms with E-state index >= 15 is 0 Å². The van der Waals surface area contributed by atoms with Gasteiger partial charge in [0, 0.05) is 37.1 Å². The summed E-state index contributed by atoms with van der Waals surface area (Å²) in [7, 11) is 6.38. The molecular formula is C28H33N3O5. The smallest absolute Gasteiger partial charge is 0.257 e. The molecule has 0 bridgehead atoms. The highest BCUT2D eigenvalue weighted by molar-refractivity contribution is 6.08. The van der Waals surface area contributed by atoms with E-state index in [4.69, 9.17) is 24.7 Å². The minimum absolute atomic E-state index is 0.305. The Labute approximate surface area is 211 Å². The van der Waals surface area contributed by atoms with Crippen molar-refractivity contribution < 1.29 is 23.7 Å². The zero-order valence-corrected chi connectivity index (χ0v) is 21.2. The summed E-state index contributed by atoms with van der Waals surface area (Å²) in [5.74, 6) is 2.17. The van der Waals surface area contributed by atoms with E-state index in [0.29, 0.717) is 28.4 Å². The van der Waals surface area contributed by atoms with Crippen LogP contribution in [0.2, 0.25) is 0 Å². The average molecular weight is 492 g/mol. The van der Waals surface area contributed by atoms with Crippen molar-refractivity contribution in [2.24, 2.45) is 0 Å². The standard InChI is InChI=1S/C28H33N3O5/c1-33-24-13-19-10-12-31(17-20(19)14-25(24)34-2)11-9-18-5-7-21(8-6-18)30-28(32)22-15-26(35-3)27(36-4)16-23(22)29/h5-8,13-16H,9-12,17,29H2,1-4H3,(H,30,32). The highest BCUT2D eigenvalue weighted by Gasteiger charge is 2.19. The Balaban J connectivity index is 1.35.